The smallest absolute Gasteiger partial charge is 0.408 e. The number of aromatic nitrogens is 1. The third-order valence-corrected chi connectivity index (χ3v) is 6.38. The summed E-state index contributed by atoms with van der Waals surface area (Å²) in [5.41, 5.74) is 3.76. The van der Waals surface area contributed by atoms with Crippen LogP contribution < -0.4 is 10.5 Å². The minimum Gasteiger partial charge on any atom is -0.408 e. The molecule has 0 radical (unpaired) electrons. The molecule has 1 aromatic heterocycles. The second-order valence-corrected chi connectivity index (χ2v) is 8.63. The molecule has 0 saturated heterocycles. The third-order valence-electron chi connectivity index (χ3n) is 5.00. The Morgan fingerprint density at radius 2 is 1.85 bits per heavy atom. The average molecular weight is 386 g/mol. The van der Waals surface area contributed by atoms with Gasteiger partial charge in [-0.25, -0.2) is 13.2 Å². The summed E-state index contributed by atoms with van der Waals surface area (Å²) in [4.78, 5) is 12.2. The molecule has 27 heavy (non-hydrogen) atoms. The molecular weight excluding hydrogens is 364 g/mol. The fourth-order valence-corrected chi connectivity index (χ4v) is 4.76. The number of anilines is 1. The number of hydrogen-bond donors (Lipinski definition) is 1. The maximum absolute atomic E-state index is 12.8. The Kier molecular flexibility index (Phi) is 4.55. The quantitative estimate of drug-likeness (QED) is 0.725. The van der Waals surface area contributed by atoms with E-state index in [0.29, 0.717) is 23.3 Å². The SMILES string of the molecule is CCCn1c(=O)oc2cc(NS(=O)(=O)c3ccc4c(c3)CCCC4)ccc21. The highest BCUT2D eigenvalue weighted by atomic mass is 32.2. The number of fused-ring (bicyclic) bond motifs is 2. The Bertz CT molecular complexity index is 1160. The lowest BCUT2D eigenvalue weighted by Gasteiger charge is -2.17. The van der Waals surface area contributed by atoms with Gasteiger partial charge in [0.05, 0.1) is 16.1 Å². The van der Waals surface area contributed by atoms with E-state index in [4.69, 9.17) is 4.42 Å². The van der Waals surface area contributed by atoms with E-state index in [1.54, 1.807) is 34.9 Å². The molecule has 2 aromatic carbocycles. The van der Waals surface area contributed by atoms with Gasteiger partial charge in [0, 0.05) is 12.6 Å². The first kappa shape index (κ1) is 17.9. The zero-order valence-corrected chi connectivity index (χ0v) is 16.0. The van der Waals surface area contributed by atoms with E-state index < -0.39 is 15.8 Å². The number of nitrogens with one attached hydrogen (secondary N) is 1. The molecule has 0 saturated carbocycles. The number of sulfonamides is 1. The van der Waals surface area contributed by atoms with Crippen molar-refractivity contribution < 1.29 is 12.8 Å². The zero-order valence-electron chi connectivity index (χ0n) is 15.2. The largest absolute Gasteiger partial charge is 0.419 e. The second kappa shape index (κ2) is 6.88. The lowest BCUT2D eigenvalue weighted by molar-refractivity contribution is 0.502. The van der Waals surface area contributed by atoms with Gasteiger partial charge < -0.3 is 4.42 Å². The van der Waals surface area contributed by atoms with Gasteiger partial charge in [0.15, 0.2) is 5.58 Å². The van der Waals surface area contributed by atoms with Crippen LogP contribution in [0, 0.1) is 0 Å². The van der Waals surface area contributed by atoms with Gasteiger partial charge in [-0.1, -0.05) is 13.0 Å². The van der Waals surface area contributed by atoms with E-state index in [1.165, 1.54) is 5.56 Å². The van der Waals surface area contributed by atoms with Crippen molar-refractivity contribution in [1.29, 1.82) is 0 Å². The number of hydrogen-bond acceptors (Lipinski definition) is 4. The molecule has 142 valence electrons. The highest BCUT2D eigenvalue weighted by molar-refractivity contribution is 7.92. The van der Waals surface area contributed by atoms with E-state index in [0.717, 1.165) is 37.7 Å². The van der Waals surface area contributed by atoms with Gasteiger partial charge in [0.25, 0.3) is 10.0 Å². The molecule has 0 amide bonds. The Morgan fingerprint density at radius 1 is 1.07 bits per heavy atom. The van der Waals surface area contributed by atoms with Crippen molar-refractivity contribution in [1.82, 2.24) is 4.57 Å². The van der Waals surface area contributed by atoms with Gasteiger partial charge in [0.1, 0.15) is 0 Å². The van der Waals surface area contributed by atoms with Crippen LogP contribution in [0.2, 0.25) is 0 Å². The topological polar surface area (TPSA) is 81.3 Å². The standard InChI is InChI=1S/C20H22N2O4S/c1-2-11-22-18-10-8-16(13-19(18)26-20(22)23)21-27(24,25)17-9-7-14-5-3-4-6-15(14)12-17/h7-10,12-13,21H,2-6,11H2,1H3. The van der Waals surface area contributed by atoms with E-state index >= 15 is 0 Å². The maximum atomic E-state index is 12.8. The van der Waals surface area contributed by atoms with Crippen molar-refractivity contribution in [2.75, 3.05) is 4.72 Å². The minimum absolute atomic E-state index is 0.258. The van der Waals surface area contributed by atoms with Crippen molar-refractivity contribution in [2.24, 2.45) is 0 Å². The molecule has 0 aliphatic heterocycles. The summed E-state index contributed by atoms with van der Waals surface area (Å²) in [6.45, 7) is 2.54. The van der Waals surface area contributed by atoms with Gasteiger partial charge in [0.2, 0.25) is 0 Å². The number of benzene rings is 2. The van der Waals surface area contributed by atoms with Crippen LogP contribution >= 0.6 is 0 Å². The first-order valence-electron chi connectivity index (χ1n) is 9.26. The molecule has 1 aliphatic rings. The van der Waals surface area contributed by atoms with Gasteiger partial charge >= 0.3 is 5.76 Å². The molecule has 3 aromatic rings. The number of oxazole rings is 1. The van der Waals surface area contributed by atoms with E-state index in [1.807, 2.05) is 13.0 Å². The Hall–Kier alpha value is -2.54. The van der Waals surface area contributed by atoms with Crippen LogP contribution in [-0.2, 0) is 29.4 Å². The molecule has 0 bridgehead atoms. The fourth-order valence-electron chi connectivity index (χ4n) is 3.66. The first-order chi connectivity index (χ1) is 13.0. The number of rotatable bonds is 5. The van der Waals surface area contributed by atoms with Crippen LogP contribution in [0.25, 0.3) is 11.1 Å². The highest BCUT2D eigenvalue weighted by Crippen LogP contribution is 2.26. The summed E-state index contributed by atoms with van der Waals surface area (Å²) >= 11 is 0. The monoisotopic (exact) mass is 386 g/mol. The molecule has 1 heterocycles. The molecule has 1 N–H and O–H groups in total. The Labute approximate surface area is 157 Å². The summed E-state index contributed by atoms with van der Waals surface area (Å²) in [5.74, 6) is -0.429. The van der Waals surface area contributed by atoms with Gasteiger partial charge in [-0.3, -0.25) is 9.29 Å². The molecule has 0 unspecified atom stereocenters. The van der Waals surface area contributed by atoms with Crippen LogP contribution in [0.1, 0.15) is 37.3 Å². The van der Waals surface area contributed by atoms with Crippen molar-refractivity contribution in [3.8, 4) is 0 Å². The lowest BCUT2D eigenvalue weighted by Crippen LogP contribution is -2.14. The van der Waals surface area contributed by atoms with Crippen LogP contribution in [0.5, 0.6) is 0 Å². The number of aryl methyl sites for hydroxylation is 3. The lowest BCUT2D eigenvalue weighted by atomic mass is 9.92. The van der Waals surface area contributed by atoms with Crippen LogP contribution in [0.3, 0.4) is 0 Å². The normalized spacial score (nSPS) is 14.3. The molecular formula is C20H22N2O4S. The summed E-state index contributed by atoms with van der Waals surface area (Å²) in [6, 6.07) is 10.3. The molecule has 6 nitrogen and oxygen atoms in total. The summed E-state index contributed by atoms with van der Waals surface area (Å²) < 4.78 is 35.0. The molecule has 0 atom stereocenters. The zero-order chi connectivity index (χ0) is 19.0. The molecule has 0 fully saturated rings. The van der Waals surface area contributed by atoms with E-state index in [2.05, 4.69) is 4.72 Å². The van der Waals surface area contributed by atoms with E-state index in [9.17, 15) is 13.2 Å². The van der Waals surface area contributed by atoms with Crippen LogP contribution in [0.4, 0.5) is 5.69 Å². The van der Waals surface area contributed by atoms with Crippen molar-refractivity contribution >= 4 is 26.8 Å². The van der Waals surface area contributed by atoms with Gasteiger partial charge in [-0.2, -0.15) is 0 Å². The Morgan fingerprint density at radius 3 is 2.63 bits per heavy atom. The Balaban J connectivity index is 1.65. The van der Waals surface area contributed by atoms with E-state index in [-0.39, 0.29) is 4.90 Å². The highest BCUT2D eigenvalue weighted by Gasteiger charge is 2.19. The van der Waals surface area contributed by atoms with Gasteiger partial charge in [-0.15, -0.1) is 0 Å². The second-order valence-electron chi connectivity index (χ2n) is 6.95. The first-order valence-corrected chi connectivity index (χ1v) is 10.7. The van der Waals surface area contributed by atoms with Crippen molar-refractivity contribution in [3.63, 3.8) is 0 Å². The summed E-state index contributed by atoms with van der Waals surface area (Å²) in [7, 11) is -3.71. The molecule has 1 aliphatic carbocycles. The van der Waals surface area contributed by atoms with Crippen molar-refractivity contribution in [2.45, 2.75) is 50.5 Å². The number of nitrogens with zero attached hydrogens (tertiary/aromatic N) is 1. The minimum atomic E-state index is -3.71. The van der Waals surface area contributed by atoms with Gasteiger partial charge in [-0.05, 0) is 67.5 Å². The van der Waals surface area contributed by atoms with Crippen molar-refractivity contribution in [3.05, 3.63) is 58.1 Å². The summed E-state index contributed by atoms with van der Waals surface area (Å²) in [5, 5.41) is 0. The third kappa shape index (κ3) is 3.39. The molecule has 4 rings (SSSR count). The fraction of sp³-hybridized carbons (Fsp3) is 0.350. The summed E-state index contributed by atoms with van der Waals surface area (Å²) in [6.07, 6.45) is 4.98. The predicted molar refractivity (Wildman–Crippen MR) is 105 cm³/mol. The van der Waals surface area contributed by atoms with Crippen LogP contribution in [0.15, 0.2) is 50.5 Å². The predicted octanol–water partition coefficient (Wildman–Crippen LogP) is 3.68. The molecule has 0 spiro atoms. The molecule has 7 heteroatoms. The van der Waals surface area contributed by atoms with Crippen LogP contribution in [-0.4, -0.2) is 13.0 Å². The average Bonchev–Trinajstić information content (AvgIpc) is 2.96. The maximum Gasteiger partial charge on any atom is 0.419 e.